The number of benzene rings is 1. The molecule has 0 atom stereocenters. The first-order valence-corrected chi connectivity index (χ1v) is 6.39. The summed E-state index contributed by atoms with van der Waals surface area (Å²) in [6.07, 6.45) is 4.43. The van der Waals surface area contributed by atoms with Crippen molar-refractivity contribution in [2.24, 2.45) is 5.73 Å². The highest BCUT2D eigenvalue weighted by molar-refractivity contribution is 5.30. The third-order valence-electron chi connectivity index (χ3n) is 3.96. The number of rotatable bonds is 4. The lowest BCUT2D eigenvalue weighted by molar-refractivity contribution is 0.0232. The van der Waals surface area contributed by atoms with Crippen LogP contribution >= 0.6 is 0 Å². The summed E-state index contributed by atoms with van der Waals surface area (Å²) in [5.41, 5.74) is 8.75. The van der Waals surface area contributed by atoms with E-state index in [1.54, 1.807) is 7.11 Å². The van der Waals surface area contributed by atoms with E-state index in [0.29, 0.717) is 0 Å². The van der Waals surface area contributed by atoms with E-state index in [9.17, 15) is 0 Å². The Bertz CT molecular complexity index is 376. The Morgan fingerprint density at radius 3 is 2.24 bits per heavy atom. The molecule has 0 bridgehead atoms. The summed E-state index contributed by atoms with van der Waals surface area (Å²) in [7, 11) is 1.76. The molecule has 0 unspecified atom stereocenters. The molecule has 0 heterocycles. The van der Waals surface area contributed by atoms with Crippen LogP contribution in [0.1, 0.15) is 44.2 Å². The molecular weight excluding hydrogens is 210 g/mol. The van der Waals surface area contributed by atoms with Crippen LogP contribution in [0.15, 0.2) is 24.3 Å². The fourth-order valence-corrected chi connectivity index (χ4v) is 2.36. The molecule has 0 saturated heterocycles. The van der Waals surface area contributed by atoms with Gasteiger partial charge in [0.1, 0.15) is 0 Å². The molecule has 0 radical (unpaired) electrons. The van der Waals surface area contributed by atoms with Crippen molar-refractivity contribution in [2.45, 2.75) is 50.7 Å². The molecule has 94 valence electrons. The first-order valence-electron chi connectivity index (χ1n) is 6.39. The molecule has 2 heteroatoms. The number of hydrogen-bond donors (Lipinski definition) is 1. The van der Waals surface area contributed by atoms with Gasteiger partial charge in [0, 0.05) is 19.1 Å². The van der Waals surface area contributed by atoms with Gasteiger partial charge in [-0.3, -0.25) is 0 Å². The lowest BCUT2D eigenvalue weighted by Crippen LogP contribution is -2.43. The number of hydrogen-bond acceptors (Lipinski definition) is 2. The maximum atomic E-state index is 6.30. The van der Waals surface area contributed by atoms with E-state index >= 15 is 0 Å². The maximum Gasteiger partial charge on any atom is 0.0662 e. The molecule has 0 spiro atoms. The summed E-state index contributed by atoms with van der Waals surface area (Å²) in [4.78, 5) is 0. The number of ether oxygens (including phenoxy) is 1. The predicted molar refractivity (Wildman–Crippen MR) is 71.0 cm³/mol. The maximum absolute atomic E-state index is 6.30. The van der Waals surface area contributed by atoms with Gasteiger partial charge in [0.2, 0.25) is 0 Å². The quantitative estimate of drug-likeness (QED) is 0.867. The second-order valence-corrected chi connectivity index (χ2v) is 5.85. The normalized spacial score (nSPS) is 18.8. The minimum atomic E-state index is -0.0988. The van der Waals surface area contributed by atoms with Gasteiger partial charge in [-0.2, -0.15) is 0 Å². The molecule has 1 saturated carbocycles. The summed E-state index contributed by atoms with van der Waals surface area (Å²) >= 11 is 0. The third-order valence-corrected chi connectivity index (χ3v) is 3.96. The fourth-order valence-electron chi connectivity index (χ4n) is 2.36. The zero-order valence-electron chi connectivity index (χ0n) is 11.1. The zero-order valence-corrected chi connectivity index (χ0v) is 11.1. The molecule has 2 N–H and O–H groups in total. The average molecular weight is 233 g/mol. The second-order valence-electron chi connectivity index (χ2n) is 5.85. The Hall–Kier alpha value is -0.860. The van der Waals surface area contributed by atoms with Crippen molar-refractivity contribution in [3.8, 4) is 0 Å². The van der Waals surface area contributed by atoms with Crippen LogP contribution in [0.25, 0.3) is 0 Å². The largest absolute Gasteiger partial charge is 0.378 e. The molecule has 1 aliphatic rings. The van der Waals surface area contributed by atoms with E-state index in [1.807, 2.05) is 0 Å². The lowest BCUT2D eigenvalue weighted by Gasteiger charge is -2.38. The van der Waals surface area contributed by atoms with E-state index in [0.717, 1.165) is 19.3 Å². The first-order chi connectivity index (χ1) is 7.95. The van der Waals surface area contributed by atoms with Gasteiger partial charge in [0.15, 0.2) is 0 Å². The van der Waals surface area contributed by atoms with Crippen molar-refractivity contribution in [2.75, 3.05) is 7.11 Å². The van der Waals surface area contributed by atoms with Crippen LogP contribution in [-0.2, 0) is 16.7 Å². The number of nitrogens with two attached hydrogens (primary N) is 1. The molecule has 17 heavy (non-hydrogen) atoms. The molecule has 0 amide bonds. The van der Waals surface area contributed by atoms with Crippen molar-refractivity contribution in [1.82, 2.24) is 0 Å². The Balaban J connectivity index is 2.08. The summed E-state index contributed by atoms with van der Waals surface area (Å²) in [6, 6.07) is 8.73. The van der Waals surface area contributed by atoms with Gasteiger partial charge in [0.25, 0.3) is 0 Å². The molecule has 1 aromatic rings. The van der Waals surface area contributed by atoms with Gasteiger partial charge in [-0.25, -0.2) is 0 Å². The molecular formula is C15H23NO. The molecule has 2 rings (SSSR count). The van der Waals surface area contributed by atoms with Gasteiger partial charge in [-0.05, 0) is 44.2 Å². The minimum Gasteiger partial charge on any atom is -0.378 e. The van der Waals surface area contributed by atoms with E-state index in [-0.39, 0.29) is 11.1 Å². The Morgan fingerprint density at radius 2 is 1.82 bits per heavy atom. The first kappa shape index (κ1) is 12.6. The van der Waals surface area contributed by atoms with Crippen LogP contribution in [-0.4, -0.2) is 12.7 Å². The monoisotopic (exact) mass is 233 g/mol. The molecule has 2 nitrogen and oxygen atoms in total. The van der Waals surface area contributed by atoms with Crippen molar-refractivity contribution in [1.29, 1.82) is 0 Å². The molecule has 0 aliphatic heterocycles. The summed E-state index contributed by atoms with van der Waals surface area (Å²) in [6.45, 7) is 4.22. The van der Waals surface area contributed by atoms with Crippen LogP contribution in [0, 0.1) is 0 Å². The molecule has 1 aliphatic carbocycles. The van der Waals surface area contributed by atoms with Crippen LogP contribution in [0.4, 0.5) is 0 Å². The number of methoxy groups -OCH3 is 1. The highest BCUT2D eigenvalue weighted by Crippen LogP contribution is 2.38. The second kappa shape index (κ2) is 4.43. The minimum absolute atomic E-state index is 0.0463. The smallest absolute Gasteiger partial charge is 0.0662 e. The van der Waals surface area contributed by atoms with Gasteiger partial charge in [-0.15, -0.1) is 0 Å². The predicted octanol–water partition coefficient (Wildman–Crippen LogP) is 2.99. The van der Waals surface area contributed by atoms with Crippen LogP contribution in [0.5, 0.6) is 0 Å². The highest BCUT2D eigenvalue weighted by Gasteiger charge is 2.34. The van der Waals surface area contributed by atoms with Crippen LogP contribution in [0.2, 0.25) is 0 Å². The highest BCUT2D eigenvalue weighted by atomic mass is 16.5. The Kier molecular flexibility index (Phi) is 3.28. The SMILES string of the molecule is COC(C)(C)Cc1ccc(C2(N)CCC2)cc1. The summed E-state index contributed by atoms with van der Waals surface area (Å²) < 4.78 is 5.45. The van der Waals surface area contributed by atoms with Crippen molar-refractivity contribution >= 4 is 0 Å². The molecule has 1 fully saturated rings. The molecule has 1 aromatic carbocycles. The van der Waals surface area contributed by atoms with E-state index in [2.05, 4.69) is 38.1 Å². The van der Waals surface area contributed by atoms with Crippen LogP contribution in [0.3, 0.4) is 0 Å². The summed E-state index contributed by atoms with van der Waals surface area (Å²) in [5, 5.41) is 0. The van der Waals surface area contributed by atoms with Crippen molar-refractivity contribution < 1.29 is 4.74 Å². The van der Waals surface area contributed by atoms with E-state index < -0.39 is 0 Å². The fraction of sp³-hybridized carbons (Fsp3) is 0.600. The van der Waals surface area contributed by atoms with Gasteiger partial charge in [-0.1, -0.05) is 24.3 Å². The molecule has 0 aromatic heterocycles. The van der Waals surface area contributed by atoms with Crippen LogP contribution < -0.4 is 5.73 Å². The third kappa shape index (κ3) is 2.70. The zero-order chi connectivity index (χ0) is 12.5. The average Bonchev–Trinajstić information content (AvgIpc) is 2.26. The Morgan fingerprint density at radius 1 is 1.24 bits per heavy atom. The van der Waals surface area contributed by atoms with Gasteiger partial charge < -0.3 is 10.5 Å². The van der Waals surface area contributed by atoms with E-state index in [1.165, 1.54) is 17.5 Å². The Labute approximate surface area is 104 Å². The standard InChI is InChI=1S/C15H23NO/c1-14(2,17-3)11-12-5-7-13(8-6-12)15(16)9-4-10-15/h5-8H,4,9-11,16H2,1-3H3. The van der Waals surface area contributed by atoms with Crippen molar-refractivity contribution in [3.05, 3.63) is 35.4 Å². The van der Waals surface area contributed by atoms with Crippen molar-refractivity contribution in [3.63, 3.8) is 0 Å². The summed E-state index contributed by atoms with van der Waals surface area (Å²) in [5.74, 6) is 0. The van der Waals surface area contributed by atoms with Gasteiger partial charge >= 0.3 is 0 Å². The lowest BCUT2D eigenvalue weighted by atomic mass is 9.72. The van der Waals surface area contributed by atoms with E-state index in [4.69, 9.17) is 10.5 Å². The topological polar surface area (TPSA) is 35.2 Å². The van der Waals surface area contributed by atoms with Gasteiger partial charge in [0.05, 0.1) is 5.60 Å².